The Labute approximate surface area is 83.5 Å². The van der Waals surface area contributed by atoms with Gasteiger partial charge >= 0.3 is 6.09 Å². The van der Waals surface area contributed by atoms with Gasteiger partial charge in [0.2, 0.25) is 6.08 Å². The van der Waals surface area contributed by atoms with Crippen molar-refractivity contribution in [2.24, 2.45) is 4.99 Å². The molecule has 14 heavy (non-hydrogen) atoms. The molecule has 0 aliphatic heterocycles. The van der Waals surface area contributed by atoms with Crippen LogP contribution in [-0.4, -0.2) is 32.4 Å². The van der Waals surface area contributed by atoms with Gasteiger partial charge in [-0.05, 0) is 12.8 Å². The first-order chi connectivity index (χ1) is 6.81. The zero-order valence-corrected chi connectivity index (χ0v) is 8.41. The third-order valence-electron chi connectivity index (χ3n) is 1.72. The van der Waals surface area contributed by atoms with Crippen LogP contribution < -0.4 is 5.32 Å². The van der Waals surface area contributed by atoms with Gasteiger partial charge < -0.3 is 10.1 Å². The normalized spacial score (nSPS) is 8.93. The van der Waals surface area contributed by atoms with E-state index < -0.39 is 6.09 Å². The molecule has 1 amide bonds. The Hall–Kier alpha value is -1.35. The predicted octanol–water partition coefficient (Wildman–Crippen LogP) is 1.24. The Morgan fingerprint density at radius 1 is 1.36 bits per heavy atom. The van der Waals surface area contributed by atoms with E-state index >= 15 is 0 Å². The maximum absolute atomic E-state index is 10.6. The SMILES string of the molecule is COC(=O)NCCCCCCN=C=O. The van der Waals surface area contributed by atoms with Crippen LogP contribution in [0.1, 0.15) is 25.7 Å². The Morgan fingerprint density at radius 3 is 2.71 bits per heavy atom. The van der Waals surface area contributed by atoms with Crippen molar-refractivity contribution >= 4 is 12.2 Å². The first-order valence-electron chi connectivity index (χ1n) is 4.66. The zero-order chi connectivity index (χ0) is 10.6. The number of nitrogens with one attached hydrogen (secondary N) is 1. The number of aliphatic imine (C=N–C) groups is 1. The van der Waals surface area contributed by atoms with Gasteiger partial charge in [0.15, 0.2) is 0 Å². The fraction of sp³-hybridized carbons (Fsp3) is 0.778. The van der Waals surface area contributed by atoms with Gasteiger partial charge in [0.25, 0.3) is 0 Å². The molecule has 0 fully saturated rings. The number of methoxy groups -OCH3 is 1. The number of isocyanates is 1. The van der Waals surface area contributed by atoms with Crippen LogP contribution in [0.15, 0.2) is 4.99 Å². The van der Waals surface area contributed by atoms with Crippen LogP contribution >= 0.6 is 0 Å². The number of carbonyl (C=O) groups excluding carboxylic acids is 2. The highest BCUT2D eigenvalue weighted by Gasteiger charge is 1.95. The van der Waals surface area contributed by atoms with E-state index in [0.29, 0.717) is 13.1 Å². The predicted molar refractivity (Wildman–Crippen MR) is 51.9 cm³/mol. The van der Waals surface area contributed by atoms with Gasteiger partial charge in [0.05, 0.1) is 13.7 Å². The van der Waals surface area contributed by atoms with E-state index in [1.54, 1.807) is 0 Å². The molecule has 0 saturated heterocycles. The summed E-state index contributed by atoms with van der Waals surface area (Å²) in [5.41, 5.74) is 0. The zero-order valence-electron chi connectivity index (χ0n) is 8.41. The number of nitrogens with zero attached hydrogens (tertiary/aromatic N) is 1. The van der Waals surface area contributed by atoms with Gasteiger partial charge in [-0.3, -0.25) is 0 Å². The molecule has 0 spiro atoms. The molecule has 0 radical (unpaired) electrons. The van der Waals surface area contributed by atoms with Gasteiger partial charge in [-0.1, -0.05) is 12.8 Å². The summed E-state index contributed by atoms with van der Waals surface area (Å²) in [6, 6.07) is 0. The van der Waals surface area contributed by atoms with Crippen molar-refractivity contribution in [3.63, 3.8) is 0 Å². The molecule has 0 bridgehead atoms. The van der Waals surface area contributed by atoms with Crippen molar-refractivity contribution in [2.75, 3.05) is 20.2 Å². The molecule has 0 aromatic heterocycles. The number of rotatable bonds is 7. The minimum atomic E-state index is -0.393. The largest absolute Gasteiger partial charge is 0.453 e. The summed E-state index contributed by atoms with van der Waals surface area (Å²) in [5, 5.41) is 2.59. The Balaban J connectivity index is 3.06. The van der Waals surface area contributed by atoms with Crippen molar-refractivity contribution in [1.29, 1.82) is 0 Å². The Bertz CT molecular complexity index is 200. The minimum absolute atomic E-state index is 0.393. The quantitative estimate of drug-likeness (QED) is 0.382. The van der Waals surface area contributed by atoms with Gasteiger partial charge in [-0.25, -0.2) is 14.6 Å². The molecule has 0 aromatic rings. The van der Waals surface area contributed by atoms with Crippen molar-refractivity contribution in [1.82, 2.24) is 5.32 Å². The van der Waals surface area contributed by atoms with Crippen LogP contribution in [-0.2, 0) is 9.53 Å². The molecule has 0 rings (SSSR count). The summed E-state index contributed by atoms with van der Waals surface area (Å²) in [5.74, 6) is 0. The molecule has 0 aromatic carbocycles. The molecule has 0 atom stereocenters. The third-order valence-corrected chi connectivity index (χ3v) is 1.72. The molecule has 1 N–H and O–H groups in total. The second-order valence-corrected chi connectivity index (χ2v) is 2.81. The first kappa shape index (κ1) is 12.7. The molecular weight excluding hydrogens is 184 g/mol. The van der Waals surface area contributed by atoms with E-state index in [1.807, 2.05) is 0 Å². The average Bonchev–Trinajstić information content (AvgIpc) is 2.21. The van der Waals surface area contributed by atoms with Gasteiger partial charge in [-0.15, -0.1) is 0 Å². The lowest BCUT2D eigenvalue weighted by atomic mass is 10.2. The van der Waals surface area contributed by atoms with Crippen LogP contribution in [0, 0.1) is 0 Å². The molecule has 0 unspecified atom stereocenters. The van der Waals surface area contributed by atoms with E-state index in [0.717, 1.165) is 25.7 Å². The highest BCUT2D eigenvalue weighted by molar-refractivity contribution is 5.66. The smallest absolute Gasteiger partial charge is 0.406 e. The van der Waals surface area contributed by atoms with Crippen molar-refractivity contribution in [3.8, 4) is 0 Å². The lowest BCUT2D eigenvalue weighted by Crippen LogP contribution is -2.23. The number of hydrogen-bond donors (Lipinski definition) is 1. The number of alkyl carbamates (subject to hydrolysis) is 1. The number of ether oxygens (including phenoxy) is 1. The van der Waals surface area contributed by atoms with Crippen LogP contribution in [0.25, 0.3) is 0 Å². The Kier molecular flexibility index (Phi) is 8.80. The van der Waals surface area contributed by atoms with Crippen molar-refractivity contribution in [3.05, 3.63) is 0 Å². The highest BCUT2D eigenvalue weighted by Crippen LogP contribution is 1.98. The number of hydrogen-bond acceptors (Lipinski definition) is 4. The minimum Gasteiger partial charge on any atom is -0.453 e. The maximum Gasteiger partial charge on any atom is 0.406 e. The van der Waals surface area contributed by atoms with E-state index in [9.17, 15) is 9.59 Å². The Morgan fingerprint density at radius 2 is 2.07 bits per heavy atom. The summed E-state index contributed by atoms with van der Waals surface area (Å²) >= 11 is 0. The second-order valence-electron chi connectivity index (χ2n) is 2.81. The highest BCUT2D eigenvalue weighted by atomic mass is 16.5. The van der Waals surface area contributed by atoms with E-state index in [2.05, 4.69) is 15.0 Å². The second kappa shape index (κ2) is 9.74. The third kappa shape index (κ3) is 8.74. The summed E-state index contributed by atoms with van der Waals surface area (Å²) in [6.07, 6.45) is 4.93. The van der Waals surface area contributed by atoms with Crippen LogP contribution in [0.2, 0.25) is 0 Å². The molecule has 0 aliphatic rings. The number of unbranched alkanes of at least 4 members (excludes halogenated alkanes) is 3. The molecule has 0 aliphatic carbocycles. The fourth-order valence-corrected chi connectivity index (χ4v) is 0.978. The lowest BCUT2D eigenvalue weighted by Gasteiger charge is -2.02. The topological polar surface area (TPSA) is 67.8 Å². The van der Waals surface area contributed by atoms with Crippen molar-refractivity contribution in [2.45, 2.75) is 25.7 Å². The number of amides is 1. The molecule has 0 saturated carbocycles. The van der Waals surface area contributed by atoms with E-state index in [1.165, 1.54) is 13.2 Å². The standard InChI is InChI=1S/C9H16N2O3/c1-14-9(13)11-7-5-3-2-4-6-10-8-12/h2-7H2,1H3,(H,11,13). The van der Waals surface area contributed by atoms with Crippen molar-refractivity contribution < 1.29 is 14.3 Å². The maximum atomic E-state index is 10.6. The van der Waals surface area contributed by atoms with Crippen LogP contribution in [0.4, 0.5) is 4.79 Å². The molecule has 5 nitrogen and oxygen atoms in total. The fourth-order valence-electron chi connectivity index (χ4n) is 0.978. The summed E-state index contributed by atoms with van der Waals surface area (Å²) < 4.78 is 4.40. The summed E-state index contributed by atoms with van der Waals surface area (Å²) in [6.45, 7) is 1.18. The van der Waals surface area contributed by atoms with E-state index in [4.69, 9.17) is 0 Å². The van der Waals surface area contributed by atoms with Gasteiger partial charge in [-0.2, -0.15) is 0 Å². The molecule has 80 valence electrons. The lowest BCUT2D eigenvalue weighted by molar-refractivity contribution is 0.171. The number of carbonyl (C=O) groups is 1. The van der Waals surface area contributed by atoms with Crippen LogP contribution in [0.5, 0.6) is 0 Å². The monoisotopic (exact) mass is 200 g/mol. The van der Waals surface area contributed by atoms with Gasteiger partial charge in [0, 0.05) is 6.54 Å². The average molecular weight is 200 g/mol. The summed E-state index contributed by atoms with van der Waals surface area (Å²) in [7, 11) is 1.34. The van der Waals surface area contributed by atoms with Crippen LogP contribution in [0.3, 0.4) is 0 Å². The molecule has 0 heterocycles. The molecule has 5 heteroatoms. The summed E-state index contributed by atoms with van der Waals surface area (Å²) in [4.78, 5) is 23.7. The van der Waals surface area contributed by atoms with E-state index in [-0.39, 0.29) is 0 Å². The first-order valence-corrected chi connectivity index (χ1v) is 4.66. The molecular formula is C9H16N2O3. The van der Waals surface area contributed by atoms with Gasteiger partial charge in [0.1, 0.15) is 0 Å².